The average Bonchev–Trinajstić information content (AvgIpc) is 3.18. The minimum Gasteiger partial charge on any atom is -0.478 e. The highest BCUT2D eigenvalue weighted by Gasteiger charge is 2.24. The molecule has 30 heavy (non-hydrogen) atoms. The summed E-state index contributed by atoms with van der Waals surface area (Å²) in [6.45, 7) is 2.24. The van der Waals surface area contributed by atoms with Crippen molar-refractivity contribution in [2.45, 2.75) is 19.4 Å². The quantitative estimate of drug-likeness (QED) is 0.500. The lowest BCUT2D eigenvalue weighted by atomic mass is 10.0. The van der Waals surface area contributed by atoms with Gasteiger partial charge in [0.1, 0.15) is 5.52 Å². The number of nitrogens with one attached hydrogen (secondary N) is 1. The number of rotatable bonds is 6. The van der Waals surface area contributed by atoms with Gasteiger partial charge < -0.3 is 14.8 Å². The number of para-hydroxylation sites is 2. The first-order chi connectivity index (χ1) is 14.5. The molecule has 0 aliphatic heterocycles. The molecule has 8 heteroatoms. The number of carboxylic acid groups (broad SMARTS) is 1. The number of aromatic nitrogens is 3. The van der Waals surface area contributed by atoms with Crippen molar-refractivity contribution in [3.05, 3.63) is 83.0 Å². The average molecular weight is 399 g/mol. The van der Waals surface area contributed by atoms with E-state index in [2.05, 4.69) is 26.3 Å². The molecule has 2 aromatic carbocycles. The van der Waals surface area contributed by atoms with E-state index in [9.17, 15) is 10.1 Å². The molecule has 0 aliphatic rings. The van der Waals surface area contributed by atoms with Gasteiger partial charge in [-0.25, -0.2) is 19.7 Å². The summed E-state index contributed by atoms with van der Waals surface area (Å²) in [7, 11) is 0. The Morgan fingerprint density at radius 1 is 1.20 bits per heavy atom. The van der Waals surface area contributed by atoms with Gasteiger partial charge in [0.25, 0.3) is 0 Å². The van der Waals surface area contributed by atoms with Gasteiger partial charge in [0, 0.05) is 12.7 Å². The third kappa shape index (κ3) is 3.82. The molecule has 8 nitrogen and oxygen atoms in total. The molecule has 1 unspecified atom stereocenters. The molecule has 0 fully saturated rings. The number of hydrogen-bond acceptors (Lipinski definition) is 7. The van der Waals surface area contributed by atoms with E-state index in [1.54, 1.807) is 36.5 Å². The van der Waals surface area contributed by atoms with Crippen LogP contribution in [0.4, 0.5) is 5.95 Å². The van der Waals surface area contributed by atoms with Crippen LogP contribution in [0, 0.1) is 18.3 Å². The van der Waals surface area contributed by atoms with Gasteiger partial charge in [0.15, 0.2) is 11.5 Å². The van der Waals surface area contributed by atoms with Crippen LogP contribution in [0.5, 0.6) is 0 Å². The zero-order valence-corrected chi connectivity index (χ0v) is 16.0. The zero-order chi connectivity index (χ0) is 21.1. The normalized spacial score (nSPS) is 11.7. The molecule has 0 aliphatic carbocycles. The molecule has 2 aromatic heterocycles. The number of hydrogen-bond donors (Lipinski definition) is 2. The highest BCUT2D eigenvalue weighted by atomic mass is 16.4. The van der Waals surface area contributed by atoms with Crippen LogP contribution in [0.15, 0.2) is 59.1 Å². The Labute approximate surface area is 171 Å². The fourth-order valence-corrected chi connectivity index (χ4v) is 3.03. The molecule has 0 spiro atoms. The fourth-order valence-electron chi connectivity index (χ4n) is 3.03. The Bertz CT molecular complexity index is 1220. The van der Waals surface area contributed by atoms with Gasteiger partial charge in [0.05, 0.1) is 17.3 Å². The van der Waals surface area contributed by atoms with Crippen molar-refractivity contribution < 1.29 is 14.3 Å². The van der Waals surface area contributed by atoms with Crippen LogP contribution in [-0.4, -0.2) is 26.0 Å². The third-order valence-electron chi connectivity index (χ3n) is 4.62. The smallest absolute Gasteiger partial charge is 0.335 e. The van der Waals surface area contributed by atoms with Gasteiger partial charge in [-0.05, 0) is 42.3 Å². The van der Waals surface area contributed by atoms with Gasteiger partial charge in [-0.15, -0.1) is 0 Å². The first kappa shape index (κ1) is 19.1. The van der Waals surface area contributed by atoms with E-state index in [1.807, 2.05) is 25.1 Å². The van der Waals surface area contributed by atoms with E-state index in [4.69, 9.17) is 9.52 Å². The Morgan fingerprint density at radius 3 is 2.67 bits per heavy atom. The van der Waals surface area contributed by atoms with E-state index < -0.39 is 11.9 Å². The van der Waals surface area contributed by atoms with Gasteiger partial charge in [-0.2, -0.15) is 5.26 Å². The molecule has 0 bridgehead atoms. The fraction of sp³-hybridized carbons (Fsp3) is 0.136. The standard InChI is InChI=1S/C22H17N5O3/c1-13-11-24-22(25-12-14-6-8-15(9-7-14)21(28)29)27-19(13)16(10-23)20-26-17-4-2-3-5-18(17)30-20/h2-9,11,16H,12H2,1H3,(H,28,29)(H,24,25,27). The lowest BCUT2D eigenvalue weighted by Crippen LogP contribution is -2.10. The SMILES string of the molecule is Cc1cnc(NCc2ccc(C(=O)O)cc2)nc1C(C#N)c1nc2ccccc2o1. The minimum atomic E-state index is -0.970. The number of oxazole rings is 1. The maximum Gasteiger partial charge on any atom is 0.335 e. The predicted molar refractivity (Wildman–Crippen MR) is 109 cm³/mol. The summed E-state index contributed by atoms with van der Waals surface area (Å²) in [6, 6.07) is 16.1. The largest absolute Gasteiger partial charge is 0.478 e. The molecule has 4 aromatic rings. The Balaban J connectivity index is 1.57. The lowest BCUT2D eigenvalue weighted by molar-refractivity contribution is 0.0697. The maximum atomic E-state index is 11.0. The summed E-state index contributed by atoms with van der Waals surface area (Å²) in [5.74, 6) is -1.09. The second-order valence-electron chi connectivity index (χ2n) is 6.70. The van der Waals surface area contributed by atoms with E-state index in [-0.39, 0.29) is 11.5 Å². The van der Waals surface area contributed by atoms with Gasteiger partial charge >= 0.3 is 5.97 Å². The summed E-state index contributed by atoms with van der Waals surface area (Å²) in [4.78, 5) is 24.2. The van der Waals surface area contributed by atoms with E-state index in [0.717, 1.165) is 11.1 Å². The van der Waals surface area contributed by atoms with E-state index in [0.29, 0.717) is 29.3 Å². The highest BCUT2D eigenvalue weighted by molar-refractivity contribution is 5.87. The number of aromatic carboxylic acids is 1. The Hall–Kier alpha value is -4.25. The van der Waals surface area contributed by atoms with Gasteiger partial charge in [-0.3, -0.25) is 0 Å². The number of carbonyl (C=O) groups is 1. The monoisotopic (exact) mass is 399 g/mol. The molecular formula is C22H17N5O3. The second-order valence-corrected chi connectivity index (χ2v) is 6.70. The minimum absolute atomic E-state index is 0.225. The predicted octanol–water partition coefficient (Wildman–Crippen LogP) is 3.89. The van der Waals surface area contributed by atoms with Crippen LogP contribution in [-0.2, 0) is 6.54 Å². The van der Waals surface area contributed by atoms with E-state index >= 15 is 0 Å². The van der Waals surface area contributed by atoms with Crippen molar-refractivity contribution in [1.82, 2.24) is 15.0 Å². The molecule has 0 saturated heterocycles. The first-order valence-electron chi connectivity index (χ1n) is 9.20. The van der Waals surface area contributed by atoms with Crippen molar-refractivity contribution in [3.63, 3.8) is 0 Å². The number of nitrogens with zero attached hydrogens (tertiary/aromatic N) is 4. The number of carboxylic acids is 1. The Kier molecular flexibility index (Phi) is 5.09. The number of fused-ring (bicyclic) bond motifs is 1. The third-order valence-corrected chi connectivity index (χ3v) is 4.62. The van der Waals surface area contributed by atoms with Crippen LogP contribution in [0.3, 0.4) is 0 Å². The van der Waals surface area contributed by atoms with Crippen molar-refractivity contribution in [2.24, 2.45) is 0 Å². The number of nitriles is 1. The van der Waals surface area contributed by atoms with Gasteiger partial charge in [-0.1, -0.05) is 24.3 Å². The van der Waals surface area contributed by atoms with Crippen LogP contribution < -0.4 is 5.32 Å². The van der Waals surface area contributed by atoms with Crippen LogP contribution in [0.1, 0.15) is 39.0 Å². The first-order valence-corrected chi connectivity index (χ1v) is 9.20. The molecule has 4 rings (SSSR count). The molecule has 2 heterocycles. The van der Waals surface area contributed by atoms with Crippen LogP contribution in [0.2, 0.25) is 0 Å². The summed E-state index contributed by atoms with van der Waals surface area (Å²) < 4.78 is 5.77. The van der Waals surface area contributed by atoms with Crippen molar-refractivity contribution in [3.8, 4) is 6.07 Å². The summed E-state index contributed by atoms with van der Waals surface area (Å²) >= 11 is 0. The zero-order valence-electron chi connectivity index (χ0n) is 16.0. The maximum absolute atomic E-state index is 11.0. The molecule has 148 valence electrons. The van der Waals surface area contributed by atoms with Crippen LogP contribution in [0.25, 0.3) is 11.1 Å². The van der Waals surface area contributed by atoms with Crippen molar-refractivity contribution in [1.29, 1.82) is 5.26 Å². The highest BCUT2D eigenvalue weighted by Crippen LogP contribution is 2.28. The number of benzene rings is 2. The summed E-state index contributed by atoms with van der Waals surface area (Å²) in [5, 5.41) is 21.9. The Morgan fingerprint density at radius 2 is 1.97 bits per heavy atom. The summed E-state index contributed by atoms with van der Waals surface area (Å²) in [5.41, 5.74) is 3.66. The molecule has 2 N–H and O–H groups in total. The van der Waals surface area contributed by atoms with Gasteiger partial charge in [0.2, 0.25) is 11.8 Å². The van der Waals surface area contributed by atoms with Crippen molar-refractivity contribution in [2.75, 3.05) is 5.32 Å². The topological polar surface area (TPSA) is 125 Å². The number of aryl methyl sites for hydroxylation is 1. The van der Waals surface area contributed by atoms with Crippen LogP contribution >= 0.6 is 0 Å². The molecular weight excluding hydrogens is 382 g/mol. The molecule has 1 atom stereocenters. The molecule has 0 saturated carbocycles. The summed E-state index contributed by atoms with van der Waals surface area (Å²) in [6.07, 6.45) is 1.64. The lowest BCUT2D eigenvalue weighted by Gasteiger charge is -2.11. The second kappa shape index (κ2) is 8.01. The van der Waals surface area contributed by atoms with E-state index in [1.165, 1.54) is 0 Å². The molecule has 0 amide bonds. The molecule has 0 radical (unpaired) electrons. The van der Waals surface area contributed by atoms with Crippen molar-refractivity contribution >= 4 is 23.0 Å². The number of anilines is 1.